The molecule has 2 aromatic rings. The Kier molecular flexibility index (Phi) is 6.12. The highest BCUT2D eigenvalue weighted by Crippen LogP contribution is 2.35. The zero-order valence-corrected chi connectivity index (χ0v) is 15.9. The summed E-state index contributed by atoms with van der Waals surface area (Å²) in [5, 5.41) is 2.99. The summed E-state index contributed by atoms with van der Waals surface area (Å²) < 4.78 is 5.34. The van der Waals surface area contributed by atoms with E-state index in [4.69, 9.17) is 4.74 Å². The predicted octanol–water partition coefficient (Wildman–Crippen LogP) is 3.08. The standard InChI is InChI=1S/C22H26N2O3/c1-3-12-23-21(25)20-15-24(22(26)16-8-5-4-6-9-16)14-19(20)17-10-7-11-18(13-17)27-2/h4-11,13,19-20H,3,12,14-15H2,1-2H3,(H,23,25). The average molecular weight is 366 g/mol. The van der Waals surface area contributed by atoms with Crippen molar-refractivity contribution >= 4 is 11.8 Å². The summed E-state index contributed by atoms with van der Waals surface area (Å²) in [6, 6.07) is 17.0. The Morgan fingerprint density at radius 1 is 1.11 bits per heavy atom. The average Bonchev–Trinajstić information content (AvgIpc) is 3.17. The van der Waals surface area contributed by atoms with Crippen LogP contribution in [0.25, 0.3) is 0 Å². The third-order valence-electron chi connectivity index (χ3n) is 5.04. The Balaban J connectivity index is 1.86. The molecule has 0 bridgehead atoms. The highest BCUT2D eigenvalue weighted by molar-refractivity contribution is 5.95. The second kappa shape index (κ2) is 8.71. The summed E-state index contributed by atoms with van der Waals surface area (Å²) in [7, 11) is 1.63. The molecule has 3 rings (SSSR count). The summed E-state index contributed by atoms with van der Waals surface area (Å²) >= 11 is 0. The van der Waals surface area contributed by atoms with E-state index in [2.05, 4.69) is 5.32 Å². The normalized spacial score (nSPS) is 19.0. The van der Waals surface area contributed by atoms with E-state index in [1.807, 2.05) is 61.5 Å². The Morgan fingerprint density at radius 2 is 1.89 bits per heavy atom. The SMILES string of the molecule is CCCNC(=O)C1CN(C(=O)c2ccccc2)CC1c1cccc(OC)c1. The van der Waals surface area contributed by atoms with Crippen LogP contribution in [0.5, 0.6) is 5.75 Å². The van der Waals surface area contributed by atoms with Gasteiger partial charge in [0.2, 0.25) is 5.91 Å². The van der Waals surface area contributed by atoms with E-state index in [0.29, 0.717) is 25.2 Å². The van der Waals surface area contributed by atoms with Crippen LogP contribution in [-0.4, -0.2) is 43.5 Å². The molecule has 1 aliphatic heterocycles. The molecule has 0 saturated carbocycles. The molecule has 2 unspecified atom stereocenters. The van der Waals surface area contributed by atoms with Crippen LogP contribution in [0, 0.1) is 5.92 Å². The van der Waals surface area contributed by atoms with Gasteiger partial charge in [0.15, 0.2) is 0 Å². The second-order valence-corrected chi connectivity index (χ2v) is 6.86. The van der Waals surface area contributed by atoms with Crippen LogP contribution >= 0.6 is 0 Å². The fraction of sp³-hybridized carbons (Fsp3) is 0.364. The summed E-state index contributed by atoms with van der Waals surface area (Å²) in [4.78, 5) is 27.5. The zero-order chi connectivity index (χ0) is 19.2. The van der Waals surface area contributed by atoms with Crippen molar-refractivity contribution in [2.45, 2.75) is 19.3 Å². The van der Waals surface area contributed by atoms with Crippen molar-refractivity contribution < 1.29 is 14.3 Å². The maximum Gasteiger partial charge on any atom is 0.253 e. The molecule has 0 aliphatic carbocycles. The number of carbonyl (C=O) groups is 2. The number of hydrogen-bond donors (Lipinski definition) is 1. The molecular formula is C22H26N2O3. The van der Waals surface area contributed by atoms with Crippen LogP contribution in [0.2, 0.25) is 0 Å². The highest BCUT2D eigenvalue weighted by atomic mass is 16.5. The van der Waals surface area contributed by atoms with Gasteiger partial charge in [0.1, 0.15) is 5.75 Å². The number of benzene rings is 2. The third-order valence-corrected chi connectivity index (χ3v) is 5.04. The first-order chi connectivity index (χ1) is 13.1. The van der Waals surface area contributed by atoms with Crippen molar-refractivity contribution in [2.75, 3.05) is 26.7 Å². The molecule has 1 aliphatic rings. The first-order valence-corrected chi connectivity index (χ1v) is 9.40. The molecular weight excluding hydrogens is 340 g/mol. The lowest BCUT2D eigenvalue weighted by Crippen LogP contribution is -2.36. The highest BCUT2D eigenvalue weighted by Gasteiger charge is 2.40. The lowest BCUT2D eigenvalue weighted by atomic mass is 9.88. The Hall–Kier alpha value is -2.82. The number of nitrogens with zero attached hydrogens (tertiary/aromatic N) is 1. The van der Waals surface area contributed by atoms with E-state index in [0.717, 1.165) is 17.7 Å². The van der Waals surface area contributed by atoms with Crippen molar-refractivity contribution in [1.82, 2.24) is 10.2 Å². The topological polar surface area (TPSA) is 58.6 Å². The fourth-order valence-electron chi connectivity index (χ4n) is 3.59. The minimum absolute atomic E-state index is 0.00744. The fourth-order valence-corrected chi connectivity index (χ4v) is 3.59. The van der Waals surface area contributed by atoms with Gasteiger partial charge < -0.3 is 15.0 Å². The van der Waals surface area contributed by atoms with Crippen LogP contribution < -0.4 is 10.1 Å². The third kappa shape index (κ3) is 4.30. The van der Waals surface area contributed by atoms with Gasteiger partial charge in [0.25, 0.3) is 5.91 Å². The van der Waals surface area contributed by atoms with Crippen LogP contribution in [0.1, 0.15) is 35.2 Å². The minimum atomic E-state index is -0.267. The number of nitrogens with one attached hydrogen (secondary N) is 1. The van der Waals surface area contributed by atoms with Gasteiger partial charge in [-0.15, -0.1) is 0 Å². The molecule has 0 spiro atoms. The van der Waals surface area contributed by atoms with E-state index in [1.165, 1.54) is 0 Å². The smallest absolute Gasteiger partial charge is 0.253 e. The largest absolute Gasteiger partial charge is 0.497 e. The van der Waals surface area contributed by atoms with E-state index in [9.17, 15) is 9.59 Å². The van der Waals surface area contributed by atoms with Crippen LogP contribution in [-0.2, 0) is 4.79 Å². The van der Waals surface area contributed by atoms with Crippen LogP contribution in [0.3, 0.4) is 0 Å². The number of amides is 2. The van der Waals surface area contributed by atoms with Gasteiger partial charge in [-0.3, -0.25) is 9.59 Å². The van der Waals surface area contributed by atoms with Gasteiger partial charge in [-0.2, -0.15) is 0 Å². The minimum Gasteiger partial charge on any atom is -0.497 e. The lowest BCUT2D eigenvalue weighted by Gasteiger charge is -2.18. The van der Waals surface area contributed by atoms with Gasteiger partial charge in [-0.05, 0) is 36.2 Å². The van der Waals surface area contributed by atoms with Gasteiger partial charge in [0.05, 0.1) is 13.0 Å². The maximum atomic E-state index is 12.9. The van der Waals surface area contributed by atoms with Crippen molar-refractivity contribution in [1.29, 1.82) is 0 Å². The van der Waals surface area contributed by atoms with Crippen LogP contribution in [0.4, 0.5) is 0 Å². The molecule has 1 saturated heterocycles. The molecule has 2 amide bonds. The molecule has 2 atom stereocenters. The van der Waals surface area contributed by atoms with E-state index in [-0.39, 0.29) is 23.7 Å². The number of carbonyl (C=O) groups excluding carboxylic acids is 2. The first kappa shape index (κ1) is 19.0. The maximum absolute atomic E-state index is 12.9. The number of likely N-dealkylation sites (tertiary alicyclic amines) is 1. The molecule has 0 radical (unpaired) electrons. The lowest BCUT2D eigenvalue weighted by molar-refractivity contribution is -0.124. The van der Waals surface area contributed by atoms with Crippen LogP contribution in [0.15, 0.2) is 54.6 Å². The molecule has 142 valence electrons. The zero-order valence-electron chi connectivity index (χ0n) is 15.9. The molecule has 1 heterocycles. The molecule has 27 heavy (non-hydrogen) atoms. The Labute approximate surface area is 160 Å². The number of ether oxygens (including phenoxy) is 1. The molecule has 5 nitrogen and oxygen atoms in total. The first-order valence-electron chi connectivity index (χ1n) is 9.40. The number of rotatable bonds is 6. The van der Waals surface area contributed by atoms with Gasteiger partial charge in [-0.25, -0.2) is 0 Å². The van der Waals surface area contributed by atoms with Crippen molar-refractivity contribution in [2.24, 2.45) is 5.92 Å². The monoisotopic (exact) mass is 366 g/mol. The van der Waals surface area contributed by atoms with Crippen molar-refractivity contribution in [3.63, 3.8) is 0 Å². The van der Waals surface area contributed by atoms with Crippen molar-refractivity contribution in [3.05, 3.63) is 65.7 Å². The summed E-state index contributed by atoms with van der Waals surface area (Å²) in [6.07, 6.45) is 0.884. The quantitative estimate of drug-likeness (QED) is 0.855. The number of methoxy groups -OCH3 is 1. The Bertz CT molecular complexity index is 791. The Morgan fingerprint density at radius 3 is 2.59 bits per heavy atom. The predicted molar refractivity (Wildman–Crippen MR) is 105 cm³/mol. The summed E-state index contributed by atoms with van der Waals surface area (Å²) in [5.74, 6) is 0.413. The molecule has 0 aromatic heterocycles. The van der Waals surface area contributed by atoms with E-state index in [1.54, 1.807) is 12.0 Å². The van der Waals surface area contributed by atoms with Gasteiger partial charge >= 0.3 is 0 Å². The van der Waals surface area contributed by atoms with Gasteiger partial charge in [0, 0.05) is 31.1 Å². The van der Waals surface area contributed by atoms with E-state index < -0.39 is 0 Å². The summed E-state index contributed by atoms with van der Waals surface area (Å²) in [6.45, 7) is 3.61. The van der Waals surface area contributed by atoms with Crippen molar-refractivity contribution in [3.8, 4) is 5.75 Å². The number of hydrogen-bond acceptors (Lipinski definition) is 3. The van der Waals surface area contributed by atoms with Gasteiger partial charge in [-0.1, -0.05) is 37.3 Å². The molecule has 2 aromatic carbocycles. The second-order valence-electron chi connectivity index (χ2n) is 6.86. The summed E-state index contributed by atoms with van der Waals surface area (Å²) in [5.41, 5.74) is 1.67. The van der Waals surface area contributed by atoms with E-state index >= 15 is 0 Å². The molecule has 1 N–H and O–H groups in total. The molecule has 1 fully saturated rings. The molecule has 5 heteroatoms.